The number of fused-ring (bicyclic) bond motifs is 3. The Kier molecular flexibility index (Phi) is 4.29. The van der Waals surface area contributed by atoms with Gasteiger partial charge in [0.15, 0.2) is 0 Å². The molecule has 0 spiro atoms. The van der Waals surface area contributed by atoms with E-state index >= 15 is 0 Å². The highest BCUT2D eigenvalue weighted by Crippen LogP contribution is 2.43. The summed E-state index contributed by atoms with van der Waals surface area (Å²) in [5, 5.41) is 3.32. The lowest BCUT2D eigenvalue weighted by Gasteiger charge is -2.38. The second kappa shape index (κ2) is 5.39. The molecule has 112 valence electrons. The van der Waals surface area contributed by atoms with Crippen molar-refractivity contribution in [1.82, 2.24) is 5.32 Å². The molecular formula is C13H15BrClF3N2. The van der Waals surface area contributed by atoms with Crippen LogP contribution in [0.15, 0.2) is 16.6 Å². The van der Waals surface area contributed by atoms with Crippen LogP contribution in [0, 0.1) is 0 Å². The van der Waals surface area contributed by atoms with E-state index in [0.717, 1.165) is 30.8 Å². The minimum atomic E-state index is -4.32. The first-order valence-corrected chi connectivity index (χ1v) is 7.06. The Balaban J connectivity index is 0.00000147. The monoisotopic (exact) mass is 370 g/mol. The number of hydrogen-bond donors (Lipinski definition) is 1. The third kappa shape index (κ3) is 2.53. The van der Waals surface area contributed by atoms with E-state index in [9.17, 15) is 13.2 Å². The first kappa shape index (κ1) is 15.9. The summed E-state index contributed by atoms with van der Waals surface area (Å²) < 4.78 is 39.1. The largest absolute Gasteiger partial charge is 0.417 e. The van der Waals surface area contributed by atoms with Gasteiger partial charge < -0.3 is 10.2 Å². The number of nitrogens with one attached hydrogen (secondary N) is 1. The molecule has 1 aromatic rings. The normalized spacial score (nSPS) is 24.9. The van der Waals surface area contributed by atoms with Gasteiger partial charge in [0.2, 0.25) is 0 Å². The summed E-state index contributed by atoms with van der Waals surface area (Å²) in [6, 6.07) is 3.42. The van der Waals surface area contributed by atoms with Crippen molar-refractivity contribution in [3.63, 3.8) is 0 Å². The van der Waals surface area contributed by atoms with Crippen molar-refractivity contribution < 1.29 is 13.2 Å². The Morgan fingerprint density at radius 1 is 1.30 bits per heavy atom. The van der Waals surface area contributed by atoms with Gasteiger partial charge in [-0.1, -0.05) is 15.9 Å². The number of benzene rings is 1. The zero-order valence-corrected chi connectivity index (χ0v) is 13.2. The van der Waals surface area contributed by atoms with Crippen LogP contribution >= 0.6 is 28.3 Å². The summed E-state index contributed by atoms with van der Waals surface area (Å²) in [6.07, 6.45) is -3.51. The highest BCUT2D eigenvalue weighted by molar-refractivity contribution is 9.10. The van der Waals surface area contributed by atoms with Crippen LogP contribution in [-0.4, -0.2) is 25.2 Å². The Morgan fingerprint density at radius 3 is 2.65 bits per heavy atom. The van der Waals surface area contributed by atoms with Gasteiger partial charge in [0.05, 0.1) is 5.56 Å². The van der Waals surface area contributed by atoms with Gasteiger partial charge in [-0.25, -0.2) is 0 Å². The number of nitrogens with zero attached hydrogens (tertiary/aromatic N) is 1. The van der Waals surface area contributed by atoms with Gasteiger partial charge in [-0.3, -0.25) is 0 Å². The summed E-state index contributed by atoms with van der Waals surface area (Å²) in [5.41, 5.74) is 1.16. The maximum atomic E-state index is 13.0. The fourth-order valence-corrected chi connectivity index (χ4v) is 3.71. The molecule has 2 atom stereocenters. The van der Waals surface area contributed by atoms with Crippen molar-refractivity contribution in [2.75, 3.05) is 18.0 Å². The molecular weight excluding hydrogens is 357 g/mol. The standard InChI is InChI=1S/C13H14BrF3N2.ClH/c1-7-5-18-6-9-2-8-3-11(14)10(13(15,16)17)4-12(8)19(7)9;/h3-4,7,9,18H,2,5-6H2,1H3;1H/t7-,9-;/m1./s1. The van der Waals surface area contributed by atoms with Crippen molar-refractivity contribution in [3.8, 4) is 0 Å². The van der Waals surface area contributed by atoms with Crippen molar-refractivity contribution in [2.24, 2.45) is 0 Å². The minimum absolute atomic E-state index is 0. The van der Waals surface area contributed by atoms with E-state index in [2.05, 4.69) is 26.1 Å². The quantitative estimate of drug-likeness (QED) is 0.749. The number of piperazine rings is 1. The van der Waals surface area contributed by atoms with Crippen molar-refractivity contribution in [1.29, 1.82) is 0 Å². The molecule has 0 unspecified atom stereocenters. The van der Waals surface area contributed by atoms with Gasteiger partial charge in [-0.05, 0) is 31.0 Å². The predicted octanol–water partition coefficient (Wildman–Crippen LogP) is 3.61. The maximum absolute atomic E-state index is 13.0. The molecule has 0 bridgehead atoms. The van der Waals surface area contributed by atoms with Crippen LogP contribution in [0.1, 0.15) is 18.1 Å². The fraction of sp³-hybridized carbons (Fsp3) is 0.538. The third-order valence-corrected chi connectivity index (χ3v) is 4.55. The number of alkyl halides is 3. The van der Waals surface area contributed by atoms with E-state index in [4.69, 9.17) is 0 Å². The zero-order valence-electron chi connectivity index (χ0n) is 10.8. The Morgan fingerprint density at radius 2 is 2.00 bits per heavy atom. The van der Waals surface area contributed by atoms with E-state index in [1.807, 2.05) is 6.92 Å². The second-order valence-electron chi connectivity index (χ2n) is 5.23. The van der Waals surface area contributed by atoms with Gasteiger partial charge in [0, 0.05) is 35.3 Å². The van der Waals surface area contributed by atoms with Gasteiger partial charge in [-0.15, -0.1) is 12.4 Å². The molecule has 0 amide bonds. The summed E-state index contributed by atoms with van der Waals surface area (Å²) in [7, 11) is 0. The lowest BCUT2D eigenvalue weighted by Crippen LogP contribution is -2.54. The molecule has 1 fully saturated rings. The van der Waals surface area contributed by atoms with Gasteiger partial charge in [0.25, 0.3) is 0 Å². The van der Waals surface area contributed by atoms with Crippen molar-refractivity contribution in [3.05, 3.63) is 27.7 Å². The number of anilines is 1. The Bertz CT molecular complexity index is 521. The van der Waals surface area contributed by atoms with Crippen LogP contribution < -0.4 is 10.2 Å². The van der Waals surface area contributed by atoms with Crippen LogP contribution in [0.5, 0.6) is 0 Å². The van der Waals surface area contributed by atoms with E-state index < -0.39 is 11.7 Å². The molecule has 2 aliphatic rings. The van der Waals surface area contributed by atoms with E-state index in [1.54, 1.807) is 6.07 Å². The van der Waals surface area contributed by atoms with Gasteiger partial charge >= 0.3 is 6.18 Å². The van der Waals surface area contributed by atoms with Gasteiger partial charge in [0.1, 0.15) is 0 Å². The summed E-state index contributed by atoms with van der Waals surface area (Å²) in [4.78, 5) is 2.13. The maximum Gasteiger partial charge on any atom is 0.417 e. The molecule has 1 saturated heterocycles. The van der Waals surface area contributed by atoms with Crippen molar-refractivity contribution in [2.45, 2.75) is 31.6 Å². The molecule has 7 heteroatoms. The Hall–Kier alpha value is -0.460. The number of halogens is 5. The second-order valence-corrected chi connectivity index (χ2v) is 6.09. The summed E-state index contributed by atoms with van der Waals surface area (Å²) in [6.45, 7) is 3.69. The Labute approximate surface area is 130 Å². The molecule has 3 rings (SSSR count). The topological polar surface area (TPSA) is 15.3 Å². The van der Waals surface area contributed by atoms with E-state index in [0.29, 0.717) is 0 Å². The first-order chi connectivity index (χ1) is 8.88. The minimum Gasteiger partial charge on any atom is -0.363 e. The average molecular weight is 372 g/mol. The lowest BCUT2D eigenvalue weighted by molar-refractivity contribution is -0.138. The van der Waals surface area contributed by atoms with E-state index in [-0.39, 0.29) is 29.0 Å². The van der Waals surface area contributed by atoms with Crippen LogP contribution in [0.4, 0.5) is 18.9 Å². The molecule has 0 aromatic heterocycles. The predicted molar refractivity (Wildman–Crippen MR) is 78.7 cm³/mol. The smallest absolute Gasteiger partial charge is 0.363 e. The molecule has 0 aliphatic carbocycles. The van der Waals surface area contributed by atoms with Crippen LogP contribution in [0.3, 0.4) is 0 Å². The fourth-order valence-electron chi connectivity index (χ4n) is 3.10. The van der Waals surface area contributed by atoms with Crippen LogP contribution in [-0.2, 0) is 12.6 Å². The summed E-state index contributed by atoms with van der Waals surface area (Å²) >= 11 is 3.05. The molecule has 1 N–H and O–H groups in total. The molecule has 20 heavy (non-hydrogen) atoms. The molecule has 0 saturated carbocycles. The van der Waals surface area contributed by atoms with Crippen LogP contribution in [0.25, 0.3) is 0 Å². The average Bonchev–Trinajstić information content (AvgIpc) is 2.64. The lowest BCUT2D eigenvalue weighted by atomic mass is 10.1. The zero-order chi connectivity index (χ0) is 13.8. The molecule has 2 nitrogen and oxygen atoms in total. The van der Waals surface area contributed by atoms with Crippen molar-refractivity contribution >= 4 is 34.0 Å². The SMILES string of the molecule is C[C@@H]1CNC[C@H]2Cc3cc(Br)c(C(F)(F)F)cc3N21.Cl. The molecule has 0 radical (unpaired) electrons. The van der Waals surface area contributed by atoms with Crippen LogP contribution in [0.2, 0.25) is 0 Å². The number of rotatable bonds is 0. The highest BCUT2D eigenvalue weighted by atomic mass is 79.9. The highest BCUT2D eigenvalue weighted by Gasteiger charge is 2.39. The van der Waals surface area contributed by atoms with Gasteiger partial charge in [-0.2, -0.15) is 13.2 Å². The summed E-state index contributed by atoms with van der Waals surface area (Å²) in [5.74, 6) is 0. The van der Waals surface area contributed by atoms with E-state index in [1.165, 1.54) is 6.07 Å². The molecule has 2 heterocycles. The molecule has 2 aliphatic heterocycles. The third-order valence-electron chi connectivity index (χ3n) is 3.90. The number of hydrogen-bond acceptors (Lipinski definition) is 2. The first-order valence-electron chi connectivity index (χ1n) is 6.26. The molecule has 1 aromatic carbocycles.